The van der Waals surface area contributed by atoms with Crippen molar-refractivity contribution >= 4 is 43.9 Å². The minimum atomic E-state index is 0.591. The van der Waals surface area contributed by atoms with Crippen LogP contribution in [0.4, 0.5) is 0 Å². The van der Waals surface area contributed by atoms with Gasteiger partial charge in [0.2, 0.25) is 0 Å². The smallest absolute Gasteiger partial charge is 0.164 e. The van der Waals surface area contributed by atoms with E-state index in [1.807, 2.05) is 84.9 Å². The fraction of sp³-hybridized carbons (Fsp3) is 0. The van der Waals surface area contributed by atoms with Crippen LogP contribution in [0.2, 0.25) is 0 Å². The Morgan fingerprint density at radius 3 is 1.54 bits per heavy atom. The summed E-state index contributed by atoms with van der Waals surface area (Å²) in [5.74, 6) is 1.83. The van der Waals surface area contributed by atoms with Gasteiger partial charge in [0, 0.05) is 43.8 Å². The predicted octanol–water partition coefficient (Wildman–Crippen LogP) is 12.0. The molecule has 0 saturated carbocycles. The molecule has 0 saturated heterocycles. The summed E-state index contributed by atoms with van der Waals surface area (Å²) >= 11 is 0. The van der Waals surface area contributed by atoms with Crippen LogP contribution in [0.1, 0.15) is 0 Å². The van der Waals surface area contributed by atoms with Gasteiger partial charge in [-0.05, 0) is 41.0 Å². The van der Waals surface area contributed by atoms with E-state index in [1.54, 1.807) is 0 Å². The molecule has 50 heavy (non-hydrogen) atoms. The molecule has 234 valence electrons. The third-order valence-corrected chi connectivity index (χ3v) is 9.35. The second kappa shape index (κ2) is 11.4. The maximum Gasteiger partial charge on any atom is 0.164 e. The standard InChI is InChI=1S/C45H27N3O2/c1-4-13-28(14-5-1)33-20-10-21-34-40-32(19-11-24-39(40)50-42(33)34)31-25-26-37-36(27-31)41-35(22-12-23-38(41)49-37)45-47-43(29-15-6-2-7-16-29)46-44(48-45)30-17-8-3-9-18-30/h1-27H. The molecule has 0 aliphatic heterocycles. The summed E-state index contributed by atoms with van der Waals surface area (Å²) in [6.45, 7) is 0. The number of rotatable bonds is 5. The molecule has 0 radical (unpaired) electrons. The van der Waals surface area contributed by atoms with Gasteiger partial charge >= 0.3 is 0 Å². The van der Waals surface area contributed by atoms with Crippen molar-refractivity contribution in [2.45, 2.75) is 0 Å². The van der Waals surface area contributed by atoms with Crippen molar-refractivity contribution < 1.29 is 8.83 Å². The van der Waals surface area contributed by atoms with E-state index >= 15 is 0 Å². The van der Waals surface area contributed by atoms with E-state index < -0.39 is 0 Å². The Bertz CT molecular complexity index is 2800. The van der Waals surface area contributed by atoms with Gasteiger partial charge < -0.3 is 8.83 Å². The molecule has 0 N–H and O–H groups in total. The molecule has 7 aromatic carbocycles. The van der Waals surface area contributed by atoms with Crippen molar-refractivity contribution in [3.63, 3.8) is 0 Å². The number of para-hydroxylation sites is 1. The van der Waals surface area contributed by atoms with Crippen molar-refractivity contribution in [2.24, 2.45) is 0 Å². The van der Waals surface area contributed by atoms with Gasteiger partial charge in [-0.2, -0.15) is 0 Å². The Balaban J connectivity index is 1.19. The van der Waals surface area contributed by atoms with Crippen LogP contribution in [-0.2, 0) is 0 Å². The largest absolute Gasteiger partial charge is 0.456 e. The summed E-state index contributed by atoms with van der Waals surface area (Å²) in [6, 6.07) is 55.6. The SMILES string of the molecule is c1ccc(-c2nc(-c3ccccc3)nc(-c3cccc4oc5ccc(-c6cccc7oc8c(-c9ccccc9)cccc8c67)cc5c34)n2)cc1. The van der Waals surface area contributed by atoms with Crippen molar-refractivity contribution in [1.82, 2.24) is 15.0 Å². The van der Waals surface area contributed by atoms with E-state index in [0.717, 1.165) is 82.8 Å². The number of hydrogen-bond donors (Lipinski definition) is 0. The zero-order chi connectivity index (χ0) is 33.0. The molecular weight excluding hydrogens is 615 g/mol. The van der Waals surface area contributed by atoms with Crippen LogP contribution in [0, 0.1) is 0 Å². The molecule has 5 heteroatoms. The summed E-state index contributed by atoms with van der Waals surface area (Å²) in [6.07, 6.45) is 0. The Kier molecular flexibility index (Phi) is 6.42. The highest BCUT2D eigenvalue weighted by Gasteiger charge is 2.20. The first-order chi connectivity index (χ1) is 24.8. The maximum atomic E-state index is 6.57. The van der Waals surface area contributed by atoms with Gasteiger partial charge in [-0.3, -0.25) is 0 Å². The molecule has 0 aliphatic rings. The lowest BCUT2D eigenvalue weighted by Gasteiger charge is -2.09. The van der Waals surface area contributed by atoms with Crippen molar-refractivity contribution in [3.05, 3.63) is 164 Å². The minimum Gasteiger partial charge on any atom is -0.456 e. The number of fused-ring (bicyclic) bond motifs is 6. The normalized spacial score (nSPS) is 11.6. The molecular formula is C45H27N3O2. The molecule has 0 amide bonds. The predicted molar refractivity (Wildman–Crippen MR) is 202 cm³/mol. The van der Waals surface area contributed by atoms with Crippen LogP contribution in [0.3, 0.4) is 0 Å². The Morgan fingerprint density at radius 2 is 0.860 bits per heavy atom. The molecule has 0 unspecified atom stereocenters. The molecule has 5 nitrogen and oxygen atoms in total. The first-order valence-corrected chi connectivity index (χ1v) is 16.6. The Hall–Kier alpha value is -6.85. The third kappa shape index (κ3) is 4.60. The zero-order valence-corrected chi connectivity index (χ0v) is 26.7. The van der Waals surface area contributed by atoms with Crippen molar-refractivity contribution in [3.8, 4) is 56.4 Å². The van der Waals surface area contributed by atoms with Crippen LogP contribution in [0.5, 0.6) is 0 Å². The molecule has 10 rings (SSSR count). The average molecular weight is 642 g/mol. The fourth-order valence-corrected chi connectivity index (χ4v) is 7.04. The topological polar surface area (TPSA) is 65.0 Å². The Morgan fingerprint density at radius 1 is 0.320 bits per heavy atom. The first-order valence-electron chi connectivity index (χ1n) is 16.6. The van der Waals surface area contributed by atoms with Crippen LogP contribution < -0.4 is 0 Å². The molecule has 0 atom stereocenters. The van der Waals surface area contributed by atoms with Gasteiger partial charge in [-0.15, -0.1) is 0 Å². The second-order valence-corrected chi connectivity index (χ2v) is 12.4. The summed E-state index contributed by atoms with van der Waals surface area (Å²) in [5.41, 5.74) is 10.4. The fourth-order valence-electron chi connectivity index (χ4n) is 7.04. The van der Waals surface area contributed by atoms with Crippen LogP contribution >= 0.6 is 0 Å². The number of aromatic nitrogens is 3. The molecule has 3 heterocycles. The van der Waals surface area contributed by atoms with Gasteiger partial charge in [-0.25, -0.2) is 15.0 Å². The van der Waals surface area contributed by atoms with Gasteiger partial charge in [0.25, 0.3) is 0 Å². The van der Waals surface area contributed by atoms with E-state index in [2.05, 4.69) is 78.9 Å². The summed E-state index contributed by atoms with van der Waals surface area (Å²) in [4.78, 5) is 15.0. The minimum absolute atomic E-state index is 0.591. The van der Waals surface area contributed by atoms with Gasteiger partial charge in [0.05, 0.1) is 0 Å². The second-order valence-electron chi connectivity index (χ2n) is 12.4. The highest BCUT2D eigenvalue weighted by atomic mass is 16.3. The van der Waals surface area contributed by atoms with E-state index in [1.165, 1.54) is 0 Å². The summed E-state index contributed by atoms with van der Waals surface area (Å²) in [7, 11) is 0. The third-order valence-electron chi connectivity index (χ3n) is 9.35. The highest BCUT2D eigenvalue weighted by molar-refractivity contribution is 6.17. The quantitative estimate of drug-likeness (QED) is 0.187. The van der Waals surface area contributed by atoms with Gasteiger partial charge in [0.1, 0.15) is 22.3 Å². The van der Waals surface area contributed by atoms with Crippen molar-refractivity contribution in [2.75, 3.05) is 0 Å². The molecule has 0 aliphatic carbocycles. The van der Waals surface area contributed by atoms with Crippen LogP contribution in [-0.4, -0.2) is 15.0 Å². The molecule has 10 aromatic rings. The first kappa shape index (κ1) is 28.2. The number of furan rings is 2. The van der Waals surface area contributed by atoms with E-state index in [9.17, 15) is 0 Å². The van der Waals surface area contributed by atoms with E-state index in [0.29, 0.717) is 17.5 Å². The molecule has 3 aromatic heterocycles. The maximum absolute atomic E-state index is 6.57. The van der Waals surface area contributed by atoms with Crippen molar-refractivity contribution in [1.29, 1.82) is 0 Å². The monoisotopic (exact) mass is 641 g/mol. The lowest BCUT2D eigenvalue weighted by molar-refractivity contribution is 0.669. The van der Waals surface area contributed by atoms with E-state index in [4.69, 9.17) is 23.8 Å². The van der Waals surface area contributed by atoms with Gasteiger partial charge in [-0.1, -0.05) is 140 Å². The lowest BCUT2D eigenvalue weighted by Crippen LogP contribution is -2.00. The van der Waals surface area contributed by atoms with E-state index in [-0.39, 0.29) is 0 Å². The number of hydrogen-bond acceptors (Lipinski definition) is 5. The molecule has 0 spiro atoms. The molecule has 0 bridgehead atoms. The number of benzene rings is 7. The zero-order valence-electron chi connectivity index (χ0n) is 26.7. The van der Waals surface area contributed by atoms with Gasteiger partial charge in [0.15, 0.2) is 17.5 Å². The lowest BCUT2D eigenvalue weighted by atomic mass is 9.96. The molecule has 0 fully saturated rings. The summed E-state index contributed by atoms with van der Waals surface area (Å²) in [5, 5.41) is 4.13. The summed E-state index contributed by atoms with van der Waals surface area (Å²) < 4.78 is 13.0. The van der Waals surface area contributed by atoms with Crippen LogP contribution in [0.15, 0.2) is 173 Å². The average Bonchev–Trinajstić information content (AvgIpc) is 3.77. The Labute approximate surface area is 287 Å². The van der Waals surface area contributed by atoms with Crippen LogP contribution in [0.25, 0.3) is 100 Å². The highest BCUT2D eigenvalue weighted by Crippen LogP contribution is 2.43. The number of nitrogens with zero attached hydrogens (tertiary/aromatic N) is 3.